The molecule has 2 saturated heterocycles. The van der Waals surface area contributed by atoms with Gasteiger partial charge in [0.1, 0.15) is 5.82 Å². The maximum Gasteiger partial charge on any atom is 0.379 e. The summed E-state index contributed by atoms with van der Waals surface area (Å²) in [5.41, 5.74) is 11.3. The van der Waals surface area contributed by atoms with Gasteiger partial charge < -0.3 is 25.4 Å². The molecule has 55 heavy (non-hydrogen) atoms. The number of likely N-dealkylation sites (tertiary alicyclic amines) is 1. The second-order valence-electron chi connectivity index (χ2n) is 13.8. The summed E-state index contributed by atoms with van der Waals surface area (Å²) in [7, 11) is 4.15. The minimum absolute atomic E-state index is 0.0314. The smallest absolute Gasteiger partial charge is 0.379 e. The number of nitrogens with zero attached hydrogens (tertiary/aromatic N) is 4. The van der Waals surface area contributed by atoms with Crippen LogP contribution < -0.4 is 10.6 Å². The molecule has 2 fully saturated rings. The van der Waals surface area contributed by atoms with E-state index in [1.54, 1.807) is 0 Å². The van der Waals surface area contributed by atoms with Crippen molar-refractivity contribution >= 4 is 39.1 Å². The number of alkyl halides is 3. The number of aliphatic carboxylic acids is 1. The van der Waals surface area contributed by atoms with Crippen molar-refractivity contribution in [1.82, 2.24) is 14.8 Å². The number of morpholine rings is 1. The Morgan fingerprint density at radius 3 is 2.13 bits per heavy atom. The molecule has 3 N–H and O–H groups in total. The number of aromatic nitrogens is 1. The molecule has 292 valence electrons. The minimum atomic E-state index is -3.67. The zero-order valence-electron chi connectivity index (χ0n) is 31.1. The first-order valence-electron chi connectivity index (χ1n) is 18.3. The van der Waals surface area contributed by atoms with Crippen LogP contribution in [0.3, 0.4) is 0 Å². The second kappa shape index (κ2) is 19.5. The van der Waals surface area contributed by atoms with Crippen molar-refractivity contribution in [2.45, 2.75) is 45.5 Å². The van der Waals surface area contributed by atoms with Gasteiger partial charge in [0.2, 0.25) is 0 Å². The number of fused-ring (bicyclic) bond motifs is 2. The first kappa shape index (κ1) is 41.1. The molecule has 4 aromatic carbocycles. The molecular formula is C42H47F4N5O4. The number of ether oxygens (including phenoxy) is 1. The topological polar surface area (TPSA) is 112 Å². The highest BCUT2D eigenvalue weighted by Crippen LogP contribution is 2.35. The number of carboxylic acid groups (broad SMARTS) is 1. The van der Waals surface area contributed by atoms with Gasteiger partial charge in [-0.1, -0.05) is 54.6 Å². The molecule has 0 saturated carbocycles. The summed E-state index contributed by atoms with van der Waals surface area (Å²) in [5, 5.41) is 13.6. The number of hydrogen-bond acceptors (Lipinski definition) is 7. The van der Waals surface area contributed by atoms with E-state index in [0.29, 0.717) is 31.7 Å². The van der Waals surface area contributed by atoms with Crippen LogP contribution in [-0.2, 0) is 29.0 Å². The summed E-state index contributed by atoms with van der Waals surface area (Å²) >= 11 is 0. The van der Waals surface area contributed by atoms with Crippen molar-refractivity contribution in [2.75, 3.05) is 58.4 Å². The molecule has 2 aliphatic rings. The van der Waals surface area contributed by atoms with Crippen LogP contribution in [0.25, 0.3) is 32.8 Å². The largest absolute Gasteiger partial charge is 0.481 e. The van der Waals surface area contributed by atoms with E-state index in [2.05, 4.69) is 71.3 Å². The van der Waals surface area contributed by atoms with Gasteiger partial charge in [0.15, 0.2) is 0 Å². The highest BCUT2D eigenvalue weighted by atomic mass is 19.4. The number of carbonyl (C=O) groups excluding carboxylic acids is 1. The van der Waals surface area contributed by atoms with Crippen molar-refractivity contribution in [3.05, 3.63) is 107 Å². The summed E-state index contributed by atoms with van der Waals surface area (Å²) in [6.07, 6.45) is 4.83. The van der Waals surface area contributed by atoms with Gasteiger partial charge in [-0.2, -0.15) is 13.2 Å². The Morgan fingerprint density at radius 1 is 0.855 bits per heavy atom. The predicted octanol–water partition coefficient (Wildman–Crippen LogP) is 7.67. The van der Waals surface area contributed by atoms with E-state index in [9.17, 15) is 27.2 Å². The summed E-state index contributed by atoms with van der Waals surface area (Å²) in [6.45, 7) is 2.50. The average molecular weight is 762 g/mol. The lowest BCUT2D eigenvalue weighted by Crippen LogP contribution is -2.36. The van der Waals surface area contributed by atoms with E-state index in [1.165, 1.54) is 17.0 Å². The molecule has 0 bridgehead atoms. The van der Waals surface area contributed by atoms with E-state index in [0.717, 1.165) is 84.2 Å². The van der Waals surface area contributed by atoms with Gasteiger partial charge in [-0.05, 0) is 97.5 Å². The number of benzene rings is 4. The van der Waals surface area contributed by atoms with E-state index < -0.39 is 24.4 Å². The third kappa shape index (κ3) is 11.0. The second-order valence-corrected chi connectivity index (χ2v) is 13.8. The Hall–Kier alpha value is -5.11. The van der Waals surface area contributed by atoms with Crippen molar-refractivity contribution < 1.29 is 37.0 Å². The number of carbonyl (C=O) groups is 2. The Bertz CT molecular complexity index is 2080. The fraction of sp³-hybridized carbons (Fsp3) is 0.357. The van der Waals surface area contributed by atoms with Crippen molar-refractivity contribution in [3.8, 4) is 11.3 Å². The molecule has 9 nitrogen and oxygen atoms in total. The minimum Gasteiger partial charge on any atom is -0.481 e. The third-order valence-electron chi connectivity index (χ3n) is 9.63. The van der Waals surface area contributed by atoms with Crippen molar-refractivity contribution in [2.24, 2.45) is 5.73 Å². The van der Waals surface area contributed by atoms with Gasteiger partial charge in [0, 0.05) is 55.4 Å². The van der Waals surface area contributed by atoms with Crippen LogP contribution in [0.4, 0.5) is 23.2 Å². The lowest BCUT2D eigenvalue weighted by molar-refractivity contribution is -0.136. The first-order valence-corrected chi connectivity index (χ1v) is 18.3. The number of rotatable bonds is 10. The van der Waals surface area contributed by atoms with Crippen LogP contribution in [0, 0.1) is 5.82 Å². The van der Waals surface area contributed by atoms with Gasteiger partial charge >= 0.3 is 12.6 Å². The molecule has 7 rings (SSSR count). The summed E-state index contributed by atoms with van der Waals surface area (Å²) in [4.78, 5) is 33.9. The molecule has 0 unspecified atom stereocenters. The fourth-order valence-electron chi connectivity index (χ4n) is 7.24. The van der Waals surface area contributed by atoms with Crippen LogP contribution >= 0.6 is 0 Å². The van der Waals surface area contributed by atoms with Crippen molar-refractivity contribution in [3.63, 3.8) is 0 Å². The molecule has 13 heteroatoms. The zero-order valence-corrected chi connectivity index (χ0v) is 31.1. The zero-order chi connectivity index (χ0) is 39.5. The first-order chi connectivity index (χ1) is 26.4. The van der Waals surface area contributed by atoms with E-state index in [-0.39, 0.29) is 12.0 Å². The van der Waals surface area contributed by atoms with Crippen LogP contribution in [0.2, 0.25) is 0 Å². The molecule has 5 aromatic rings. The highest BCUT2D eigenvalue weighted by molar-refractivity contribution is 6.05. The maximum absolute atomic E-state index is 14.4. The van der Waals surface area contributed by atoms with Gasteiger partial charge in [-0.15, -0.1) is 0 Å². The van der Waals surface area contributed by atoms with E-state index >= 15 is 0 Å². The molecular weight excluding hydrogens is 714 g/mol. The number of primary amides is 1. The summed E-state index contributed by atoms with van der Waals surface area (Å²) < 4.78 is 48.7. The highest BCUT2D eigenvalue weighted by Gasteiger charge is 2.22. The van der Waals surface area contributed by atoms with Crippen LogP contribution in [0.1, 0.15) is 46.3 Å². The molecule has 0 spiro atoms. The third-order valence-corrected chi connectivity index (χ3v) is 9.63. The molecule has 0 atom stereocenters. The van der Waals surface area contributed by atoms with E-state index in [4.69, 9.17) is 20.6 Å². The predicted molar refractivity (Wildman–Crippen MR) is 208 cm³/mol. The number of amides is 1. The van der Waals surface area contributed by atoms with Gasteiger partial charge in [0.05, 0.1) is 24.5 Å². The monoisotopic (exact) mass is 761 g/mol. The number of anilines is 1. The molecule has 1 amide bonds. The lowest BCUT2D eigenvalue weighted by Gasteiger charge is -2.30. The maximum atomic E-state index is 14.4. The average Bonchev–Trinajstić information content (AvgIpc) is 3.66. The fourth-order valence-corrected chi connectivity index (χ4v) is 7.24. The standard InChI is InChI=1S/C25H24N2O2.C16H22FN3O2.CHF3/c1-27(2)16-18-7-4-10-22-20(18)14-15-26-25(22)23-11-5-8-19-17(12-13-24(28)29)6-3-9-21(19)23;17-14-10-13(20-5-7-22-8-6-20)9-12(15(14)16(18)21)11-19-3-1-2-4-19;2-1(3)4/h3-11,14-15H,12-13,16H2,1-2H3,(H,28,29);9-10H,1-8,11H2,(H2,18,21);1H. The van der Waals surface area contributed by atoms with Crippen molar-refractivity contribution in [1.29, 1.82) is 0 Å². The normalized spacial score (nSPS) is 14.5. The molecule has 2 aliphatic heterocycles. The molecule has 3 heterocycles. The molecule has 1 aromatic heterocycles. The summed E-state index contributed by atoms with van der Waals surface area (Å²) in [6, 6.07) is 24.1. The van der Waals surface area contributed by atoms with Crippen LogP contribution in [-0.4, -0.2) is 91.9 Å². The Kier molecular flexibility index (Phi) is 14.5. The van der Waals surface area contributed by atoms with Gasteiger partial charge in [-0.25, -0.2) is 4.39 Å². The Labute approximate surface area is 318 Å². The van der Waals surface area contributed by atoms with E-state index in [1.807, 2.05) is 30.5 Å². The Balaban J connectivity index is 0.000000198. The quantitative estimate of drug-likeness (QED) is 0.140. The van der Waals surface area contributed by atoms with Gasteiger partial charge in [0.25, 0.3) is 5.91 Å². The number of hydrogen-bond donors (Lipinski definition) is 2. The van der Waals surface area contributed by atoms with Crippen LogP contribution in [0.5, 0.6) is 0 Å². The number of aryl methyl sites for hydroxylation is 1. The number of carboxylic acids is 1. The SMILES string of the molecule is CN(C)Cc1cccc2c(-c3cccc4c(CCC(=O)O)cccc34)nccc12.FC(F)F.NC(=O)c1c(F)cc(N2CCOCC2)cc1CN1CCCC1. The summed E-state index contributed by atoms with van der Waals surface area (Å²) in [5.74, 6) is -1.99. The number of halogens is 4. The lowest BCUT2D eigenvalue weighted by atomic mass is 9.93. The van der Waals surface area contributed by atoms with Crippen LogP contribution in [0.15, 0.2) is 79.0 Å². The Morgan fingerprint density at radius 2 is 1.47 bits per heavy atom. The molecule has 0 aliphatic carbocycles. The number of pyridine rings is 1. The van der Waals surface area contributed by atoms with Gasteiger partial charge in [-0.3, -0.25) is 19.5 Å². The molecule has 0 radical (unpaired) electrons. The number of nitrogens with two attached hydrogens (primary N) is 1.